The Hall–Kier alpha value is -3.87. The number of benzene rings is 3. The van der Waals surface area contributed by atoms with E-state index in [4.69, 9.17) is 19.5 Å². The molecule has 35 heavy (non-hydrogen) atoms. The number of aromatic nitrogens is 2. The maximum absolute atomic E-state index is 15.4. The summed E-state index contributed by atoms with van der Waals surface area (Å²) < 4.78 is 61.9. The minimum atomic E-state index is -0.832. The molecule has 1 N–H and O–H groups in total. The third kappa shape index (κ3) is 3.71. The number of fused-ring (bicyclic) bond motifs is 2. The molecule has 3 atom stereocenters. The fourth-order valence-corrected chi connectivity index (χ4v) is 4.69. The summed E-state index contributed by atoms with van der Waals surface area (Å²) in [4.78, 5) is 7.02. The summed E-state index contributed by atoms with van der Waals surface area (Å²) in [5, 5.41) is 8.91. The molecule has 0 radical (unpaired) electrons. The molecule has 0 amide bonds. The van der Waals surface area contributed by atoms with Gasteiger partial charge in [-0.3, -0.25) is 0 Å². The number of halogens is 3. The maximum atomic E-state index is 15.4. The molecule has 0 saturated carbocycles. The summed E-state index contributed by atoms with van der Waals surface area (Å²) in [7, 11) is 0. The molecule has 176 valence electrons. The second kappa shape index (κ2) is 8.41. The van der Waals surface area contributed by atoms with Gasteiger partial charge in [-0.1, -0.05) is 30.3 Å². The highest BCUT2D eigenvalue weighted by atomic mass is 19.1. The number of hydrogen-bond donors (Lipinski definition) is 1. The smallest absolute Gasteiger partial charge is 0.295 e. The molecule has 4 aromatic rings. The van der Waals surface area contributed by atoms with E-state index < -0.39 is 17.5 Å². The van der Waals surface area contributed by atoms with Crippen molar-refractivity contribution in [3.05, 3.63) is 71.5 Å². The lowest BCUT2D eigenvalue weighted by Gasteiger charge is -2.15. The quantitative estimate of drug-likeness (QED) is 0.441. The van der Waals surface area contributed by atoms with Crippen molar-refractivity contribution in [2.45, 2.75) is 24.7 Å². The van der Waals surface area contributed by atoms with Crippen LogP contribution in [0.4, 0.5) is 13.2 Å². The number of nitriles is 1. The van der Waals surface area contributed by atoms with Crippen LogP contribution in [0.2, 0.25) is 0 Å². The number of aromatic amines is 1. The zero-order valence-electron chi connectivity index (χ0n) is 18.2. The van der Waals surface area contributed by atoms with E-state index in [9.17, 15) is 8.78 Å². The highest BCUT2D eigenvalue weighted by molar-refractivity contribution is 5.84. The Morgan fingerprint density at radius 1 is 1.00 bits per heavy atom. The van der Waals surface area contributed by atoms with Gasteiger partial charge in [-0.25, -0.2) is 13.2 Å². The molecule has 0 aliphatic carbocycles. The van der Waals surface area contributed by atoms with Crippen molar-refractivity contribution in [3.8, 4) is 34.3 Å². The van der Waals surface area contributed by atoms with E-state index in [0.717, 1.165) is 12.5 Å². The number of imidazole rings is 1. The molecule has 3 unspecified atom stereocenters. The molecule has 0 bridgehead atoms. The van der Waals surface area contributed by atoms with Gasteiger partial charge >= 0.3 is 0 Å². The van der Waals surface area contributed by atoms with Crippen LogP contribution in [0, 0.1) is 28.8 Å². The molecule has 2 fully saturated rings. The first-order valence-corrected chi connectivity index (χ1v) is 11.1. The van der Waals surface area contributed by atoms with E-state index in [2.05, 4.69) is 9.97 Å². The van der Waals surface area contributed by atoms with Gasteiger partial charge in [-0.05, 0) is 29.7 Å². The summed E-state index contributed by atoms with van der Waals surface area (Å²) in [5.74, 6) is -2.16. The largest absolute Gasteiger partial charge is 0.456 e. The van der Waals surface area contributed by atoms with Gasteiger partial charge in [0, 0.05) is 18.2 Å². The standard InChI is InChI=1S/C26H18F3N3O3/c27-17-9-13(11-30)1-6-16(17)14-2-4-15(5-3-14)22-18(28)10-19-24(23(22)29)32-26(31-19)35-21-12-34-20-7-8-33-25(20)21/h1-6,9-10,20-21,25H,7-8,12H2,(H,31,32). The fourth-order valence-electron chi connectivity index (χ4n) is 4.69. The van der Waals surface area contributed by atoms with Crippen LogP contribution >= 0.6 is 0 Å². The predicted octanol–water partition coefficient (Wildman–Crippen LogP) is 5.12. The van der Waals surface area contributed by atoms with Gasteiger partial charge in [0.1, 0.15) is 23.3 Å². The third-order valence-corrected chi connectivity index (χ3v) is 6.41. The molecule has 6 rings (SSSR count). The molecule has 6 nitrogen and oxygen atoms in total. The molecular formula is C26H18F3N3O3. The zero-order valence-corrected chi connectivity index (χ0v) is 18.2. The number of nitrogens with zero attached hydrogens (tertiary/aromatic N) is 2. The second-order valence-corrected chi connectivity index (χ2v) is 8.52. The number of ether oxygens (including phenoxy) is 3. The van der Waals surface area contributed by atoms with Gasteiger partial charge in [0.25, 0.3) is 6.01 Å². The van der Waals surface area contributed by atoms with Crippen LogP contribution in [0.3, 0.4) is 0 Å². The molecule has 0 spiro atoms. The second-order valence-electron chi connectivity index (χ2n) is 8.52. The summed E-state index contributed by atoms with van der Waals surface area (Å²) in [6, 6.07) is 13.4. The molecule has 3 heterocycles. The van der Waals surface area contributed by atoms with Crippen LogP contribution in [-0.2, 0) is 9.47 Å². The van der Waals surface area contributed by atoms with E-state index in [1.54, 1.807) is 12.1 Å². The third-order valence-electron chi connectivity index (χ3n) is 6.41. The van der Waals surface area contributed by atoms with E-state index in [1.165, 1.54) is 30.3 Å². The lowest BCUT2D eigenvalue weighted by Crippen LogP contribution is -2.32. The average Bonchev–Trinajstić information content (AvgIpc) is 3.57. The lowest BCUT2D eigenvalue weighted by molar-refractivity contribution is 0.0273. The van der Waals surface area contributed by atoms with Crippen LogP contribution in [0.15, 0.2) is 48.5 Å². The van der Waals surface area contributed by atoms with Crippen LogP contribution in [0.5, 0.6) is 6.01 Å². The number of hydrogen-bond acceptors (Lipinski definition) is 5. The Balaban J connectivity index is 1.31. The Kier molecular flexibility index (Phi) is 5.20. The van der Waals surface area contributed by atoms with Gasteiger partial charge in [0.05, 0.1) is 35.4 Å². The normalized spacial score (nSPS) is 21.3. The molecule has 1 aromatic heterocycles. The Labute approximate surface area is 197 Å². The summed E-state index contributed by atoms with van der Waals surface area (Å²) in [6.45, 7) is 0.926. The molecule has 2 aliphatic heterocycles. The molecule has 2 saturated heterocycles. The average molecular weight is 477 g/mol. The summed E-state index contributed by atoms with van der Waals surface area (Å²) in [6.07, 6.45) is 0.182. The molecule has 3 aromatic carbocycles. The van der Waals surface area contributed by atoms with E-state index in [1.807, 2.05) is 6.07 Å². The maximum Gasteiger partial charge on any atom is 0.295 e. The Morgan fingerprint density at radius 2 is 1.80 bits per heavy atom. The van der Waals surface area contributed by atoms with Crippen LogP contribution in [0.1, 0.15) is 12.0 Å². The van der Waals surface area contributed by atoms with Crippen LogP contribution in [0.25, 0.3) is 33.3 Å². The predicted molar refractivity (Wildman–Crippen MR) is 120 cm³/mol. The first-order chi connectivity index (χ1) is 17.0. The minimum Gasteiger partial charge on any atom is -0.456 e. The van der Waals surface area contributed by atoms with E-state index in [-0.39, 0.29) is 57.6 Å². The number of rotatable bonds is 4. The van der Waals surface area contributed by atoms with Crippen molar-refractivity contribution in [1.29, 1.82) is 5.26 Å². The zero-order chi connectivity index (χ0) is 24.1. The minimum absolute atomic E-state index is 0.0223. The fraction of sp³-hybridized carbons (Fsp3) is 0.231. The highest BCUT2D eigenvalue weighted by Crippen LogP contribution is 2.35. The Morgan fingerprint density at radius 3 is 2.57 bits per heavy atom. The molecular weight excluding hydrogens is 459 g/mol. The lowest BCUT2D eigenvalue weighted by atomic mass is 9.98. The topological polar surface area (TPSA) is 80.2 Å². The van der Waals surface area contributed by atoms with Crippen molar-refractivity contribution in [3.63, 3.8) is 0 Å². The summed E-state index contributed by atoms with van der Waals surface area (Å²) >= 11 is 0. The van der Waals surface area contributed by atoms with Crippen LogP contribution in [-0.4, -0.2) is 41.5 Å². The van der Waals surface area contributed by atoms with Crippen LogP contribution < -0.4 is 4.74 Å². The van der Waals surface area contributed by atoms with Crippen molar-refractivity contribution >= 4 is 11.0 Å². The van der Waals surface area contributed by atoms with Crippen molar-refractivity contribution in [1.82, 2.24) is 9.97 Å². The number of H-pyrrole nitrogens is 1. The number of nitrogens with one attached hydrogen (secondary N) is 1. The van der Waals surface area contributed by atoms with Gasteiger partial charge < -0.3 is 19.2 Å². The molecule has 9 heteroatoms. The van der Waals surface area contributed by atoms with Gasteiger partial charge in [-0.15, -0.1) is 0 Å². The molecule has 2 aliphatic rings. The first kappa shape index (κ1) is 21.6. The van der Waals surface area contributed by atoms with Gasteiger partial charge in [-0.2, -0.15) is 10.2 Å². The first-order valence-electron chi connectivity index (χ1n) is 11.1. The van der Waals surface area contributed by atoms with Gasteiger partial charge in [0.2, 0.25) is 0 Å². The van der Waals surface area contributed by atoms with E-state index >= 15 is 4.39 Å². The van der Waals surface area contributed by atoms with Gasteiger partial charge in [0.15, 0.2) is 11.9 Å². The van der Waals surface area contributed by atoms with Crippen molar-refractivity contribution in [2.75, 3.05) is 13.2 Å². The highest BCUT2D eigenvalue weighted by Gasteiger charge is 2.43. The van der Waals surface area contributed by atoms with Crippen molar-refractivity contribution in [2.24, 2.45) is 0 Å². The monoisotopic (exact) mass is 477 g/mol. The van der Waals surface area contributed by atoms with Crippen molar-refractivity contribution < 1.29 is 27.4 Å². The SMILES string of the molecule is N#Cc1ccc(-c2ccc(-c3c(F)cc4[nH]c(OC5COC6CCOC65)nc4c3F)cc2)c(F)c1. The Bertz CT molecular complexity index is 1480. The van der Waals surface area contributed by atoms with E-state index in [0.29, 0.717) is 18.8 Å². The summed E-state index contributed by atoms with van der Waals surface area (Å²) in [5.41, 5.74) is 1.14.